The van der Waals surface area contributed by atoms with Gasteiger partial charge in [-0.25, -0.2) is 0 Å². The van der Waals surface area contributed by atoms with E-state index in [1.54, 1.807) is 0 Å². The Balaban J connectivity index is 2.20. The fourth-order valence-electron chi connectivity index (χ4n) is 3.49. The fourth-order valence-corrected chi connectivity index (χ4v) is 4.80. The molecule has 0 spiro atoms. The number of nitrogens with one attached hydrogen (secondary N) is 1. The Labute approximate surface area is 134 Å². The van der Waals surface area contributed by atoms with Crippen LogP contribution in [0.5, 0.6) is 0 Å². The monoisotopic (exact) mass is 306 g/mol. The van der Waals surface area contributed by atoms with Gasteiger partial charge in [-0.05, 0) is 57.5 Å². The molecule has 0 saturated carbocycles. The molecule has 0 aromatic heterocycles. The minimum Gasteiger partial charge on any atom is -0.312 e. The molecule has 1 aromatic rings. The quantitative estimate of drug-likeness (QED) is 0.899. The van der Waals surface area contributed by atoms with Crippen LogP contribution < -0.4 is 5.32 Å². The van der Waals surface area contributed by atoms with Crippen LogP contribution in [0.2, 0.25) is 0 Å². The number of benzene rings is 1. The van der Waals surface area contributed by atoms with Crippen LogP contribution in [-0.2, 0) is 6.42 Å². The number of hydrogen-bond acceptors (Lipinski definition) is 3. The van der Waals surface area contributed by atoms with E-state index in [1.807, 2.05) is 0 Å². The van der Waals surface area contributed by atoms with Crippen molar-refractivity contribution in [2.75, 3.05) is 31.6 Å². The van der Waals surface area contributed by atoms with Crippen LogP contribution >= 0.6 is 11.8 Å². The molecule has 21 heavy (non-hydrogen) atoms. The van der Waals surface area contributed by atoms with Gasteiger partial charge in [0, 0.05) is 30.1 Å². The second-order valence-corrected chi connectivity index (χ2v) is 7.52. The van der Waals surface area contributed by atoms with Crippen molar-refractivity contribution in [2.24, 2.45) is 0 Å². The topological polar surface area (TPSA) is 15.3 Å². The number of aryl methyl sites for hydroxylation is 3. The average molecular weight is 307 g/mol. The molecule has 0 aliphatic carbocycles. The number of likely N-dealkylation sites (N-methyl/N-ethyl adjacent to an activating group) is 2. The van der Waals surface area contributed by atoms with Crippen molar-refractivity contribution in [3.05, 3.63) is 34.4 Å². The van der Waals surface area contributed by atoms with E-state index in [1.165, 1.54) is 40.3 Å². The van der Waals surface area contributed by atoms with Gasteiger partial charge in [0.2, 0.25) is 0 Å². The Morgan fingerprint density at radius 1 is 1.29 bits per heavy atom. The van der Waals surface area contributed by atoms with Crippen LogP contribution in [0, 0.1) is 20.8 Å². The maximum Gasteiger partial charge on any atom is 0.0340 e. The summed E-state index contributed by atoms with van der Waals surface area (Å²) in [7, 11) is 2.28. The highest BCUT2D eigenvalue weighted by Gasteiger charge is 2.28. The van der Waals surface area contributed by atoms with Crippen LogP contribution in [0.4, 0.5) is 0 Å². The first-order chi connectivity index (χ1) is 10.0. The minimum atomic E-state index is 0.549. The van der Waals surface area contributed by atoms with E-state index in [2.05, 4.69) is 68.9 Å². The second kappa shape index (κ2) is 7.66. The summed E-state index contributed by atoms with van der Waals surface area (Å²) in [4.78, 5) is 2.54. The lowest BCUT2D eigenvalue weighted by molar-refractivity contribution is 0.214. The van der Waals surface area contributed by atoms with E-state index in [0.717, 1.165) is 13.0 Å². The van der Waals surface area contributed by atoms with Crippen molar-refractivity contribution in [1.29, 1.82) is 0 Å². The molecule has 2 atom stereocenters. The highest BCUT2D eigenvalue weighted by atomic mass is 32.2. The first kappa shape index (κ1) is 16.9. The van der Waals surface area contributed by atoms with Crippen LogP contribution in [-0.4, -0.2) is 48.6 Å². The molecule has 1 aliphatic heterocycles. The first-order valence-corrected chi connectivity index (χ1v) is 9.26. The van der Waals surface area contributed by atoms with Crippen molar-refractivity contribution in [3.8, 4) is 0 Å². The summed E-state index contributed by atoms with van der Waals surface area (Å²) in [6.07, 6.45) is 1.14. The molecule has 1 saturated heterocycles. The Bertz CT molecular complexity index is 449. The molecule has 2 unspecified atom stereocenters. The average Bonchev–Trinajstić information content (AvgIpc) is 2.42. The summed E-state index contributed by atoms with van der Waals surface area (Å²) in [6, 6.07) is 5.84. The van der Waals surface area contributed by atoms with Gasteiger partial charge in [0.05, 0.1) is 0 Å². The number of rotatable bonds is 5. The SMILES string of the molecule is CCNC(Cc1c(C)cc(C)cc1C)C1CSCCN1C. The minimum absolute atomic E-state index is 0.549. The van der Waals surface area contributed by atoms with Crippen LogP contribution in [0.1, 0.15) is 29.2 Å². The summed E-state index contributed by atoms with van der Waals surface area (Å²) in [5.41, 5.74) is 5.80. The third kappa shape index (κ3) is 4.24. The summed E-state index contributed by atoms with van der Waals surface area (Å²) >= 11 is 2.10. The van der Waals surface area contributed by atoms with Crippen molar-refractivity contribution >= 4 is 11.8 Å². The number of hydrogen-bond donors (Lipinski definition) is 1. The Kier molecular flexibility index (Phi) is 6.15. The van der Waals surface area contributed by atoms with Crippen LogP contribution in [0.15, 0.2) is 12.1 Å². The van der Waals surface area contributed by atoms with Gasteiger partial charge in [0.1, 0.15) is 0 Å². The van der Waals surface area contributed by atoms with Crippen molar-refractivity contribution in [2.45, 2.75) is 46.2 Å². The lowest BCUT2D eigenvalue weighted by Gasteiger charge is -2.38. The van der Waals surface area contributed by atoms with E-state index < -0.39 is 0 Å². The predicted molar refractivity (Wildman–Crippen MR) is 95.6 cm³/mol. The maximum absolute atomic E-state index is 3.75. The van der Waals surface area contributed by atoms with Crippen LogP contribution in [0.3, 0.4) is 0 Å². The largest absolute Gasteiger partial charge is 0.312 e. The molecule has 1 heterocycles. The van der Waals surface area contributed by atoms with E-state index in [4.69, 9.17) is 0 Å². The molecule has 1 N–H and O–H groups in total. The van der Waals surface area contributed by atoms with Gasteiger partial charge in [0.15, 0.2) is 0 Å². The molecule has 3 heteroatoms. The normalized spacial score (nSPS) is 21.5. The Morgan fingerprint density at radius 2 is 1.95 bits per heavy atom. The molecule has 118 valence electrons. The van der Waals surface area contributed by atoms with Gasteiger partial charge < -0.3 is 10.2 Å². The Hall–Kier alpha value is -0.510. The van der Waals surface area contributed by atoms with Crippen molar-refractivity contribution < 1.29 is 0 Å². The van der Waals surface area contributed by atoms with E-state index in [-0.39, 0.29) is 0 Å². The zero-order chi connectivity index (χ0) is 15.4. The molecular formula is C18H30N2S. The zero-order valence-electron chi connectivity index (χ0n) is 14.2. The molecular weight excluding hydrogens is 276 g/mol. The molecule has 0 amide bonds. The lowest BCUT2D eigenvalue weighted by Crippen LogP contribution is -2.53. The molecule has 1 aromatic carbocycles. The van der Waals surface area contributed by atoms with Crippen molar-refractivity contribution in [1.82, 2.24) is 10.2 Å². The predicted octanol–water partition coefficient (Wildman–Crippen LogP) is 3.18. The molecule has 1 fully saturated rings. The summed E-state index contributed by atoms with van der Waals surface area (Å²) < 4.78 is 0. The van der Waals surface area contributed by atoms with Gasteiger partial charge >= 0.3 is 0 Å². The van der Waals surface area contributed by atoms with E-state index in [0.29, 0.717) is 12.1 Å². The highest BCUT2D eigenvalue weighted by molar-refractivity contribution is 7.99. The summed E-state index contributed by atoms with van der Waals surface area (Å²) in [5.74, 6) is 2.52. The third-order valence-corrected chi connectivity index (χ3v) is 5.69. The van der Waals surface area contributed by atoms with Crippen LogP contribution in [0.25, 0.3) is 0 Å². The first-order valence-electron chi connectivity index (χ1n) is 8.11. The fraction of sp³-hybridized carbons (Fsp3) is 0.667. The third-order valence-electron chi connectivity index (χ3n) is 4.64. The van der Waals surface area contributed by atoms with Crippen molar-refractivity contribution in [3.63, 3.8) is 0 Å². The number of thioether (sulfide) groups is 1. The second-order valence-electron chi connectivity index (χ2n) is 6.37. The van der Waals surface area contributed by atoms with Gasteiger partial charge in [-0.15, -0.1) is 0 Å². The summed E-state index contributed by atoms with van der Waals surface area (Å²) in [6.45, 7) is 11.2. The molecule has 0 radical (unpaired) electrons. The van der Waals surface area contributed by atoms with E-state index in [9.17, 15) is 0 Å². The van der Waals surface area contributed by atoms with Gasteiger partial charge in [-0.3, -0.25) is 0 Å². The zero-order valence-corrected chi connectivity index (χ0v) is 15.0. The lowest BCUT2D eigenvalue weighted by atomic mass is 9.91. The molecule has 2 nitrogen and oxygen atoms in total. The Morgan fingerprint density at radius 3 is 2.52 bits per heavy atom. The number of nitrogens with zero attached hydrogens (tertiary/aromatic N) is 1. The maximum atomic E-state index is 3.75. The van der Waals surface area contributed by atoms with Gasteiger partial charge in [0.25, 0.3) is 0 Å². The smallest absolute Gasteiger partial charge is 0.0340 e. The van der Waals surface area contributed by atoms with Gasteiger partial charge in [-0.1, -0.05) is 24.6 Å². The highest BCUT2D eigenvalue weighted by Crippen LogP contribution is 2.23. The summed E-state index contributed by atoms with van der Waals surface area (Å²) in [5, 5.41) is 3.75. The van der Waals surface area contributed by atoms with Gasteiger partial charge in [-0.2, -0.15) is 11.8 Å². The van der Waals surface area contributed by atoms with E-state index >= 15 is 0 Å². The molecule has 0 bridgehead atoms. The standard InChI is InChI=1S/C18H30N2S/c1-6-19-17(18-12-21-8-7-20(18)5)11-16-14(3)9-13(2)10-15(16)4/h9-10,17-19H,6-8,11-12H2,1-5H3. The molecule has 2 rings (SSSR count). The molecule has 1 aliphatic rings.